The third kappa shape index (κ3) is 4.85. The van der Waals surface area contributed by atoms with Crippen LogP contribution in [0.25, 0.3) is 0 Å². The maximum atomic E-state index is 9.92. The predicted molar refractivity (Wildman–Crippen MR) is 74.0 cm³/mol. The third-order valence-electron chi connectivity index (χ3n) is 3.94. The molecule has 6 nitrogen and oxygen atoms in total. The molecule has 0 spiro atoms. The van der Waals surface area contributed by atoms with Gasteiger partial charge >= 0.3 is 0 Å². The smallest absolute Gasteiger partial charge is 0.213 e. The van der Waals surface area contributed by atoms with E-state index in [4.69, 9.17) is 4.74 Å². The van der Waals surface area contributed by atoms with Crippen LogP contribution in [0.15, 0.2) is 10.9 Å². The Morgan fingerprint density at radius 1 is 1.50 bits per heavy atom. The molecule has 0 aromatic carbocycles. The van der Waals surface area contributed by atoms with E-state index in [1.54, 1.807) is 0 Å². The van der Waals surface area contributed by atoms with Crippen LogP contribution in [-0.2, 0) is 11.3 Å². The molecule has 1 aromatic heterocycles. The van der Waals surface area contributed by atoms with E-state index in [9.17, 15) is 5.11 Å². The number of aromatic nitrogens is 2. The lowest BCUT2D eigenvalue weighted by molar-refractivity contribution is -0.0499. The molecule has 20 heavy (non-hydrogen) atoms. The first-order chi connectivity index (χ1) is 9.79. The molecular formula is C14H25N3O3. The van der Waals surface area contributed by atoms with Gasteiger partial charge in [-0.1, -0.05) is 31.3 Å². The molecule has 0 radical (unpaired) electrons. The van der Waals surface area contributed by atoms with E-state index in [-0.39, 0.29) is 0 Å². The lowest BCUT2D eigenvalue weighted by Crippen LogP contribution is -2.35. The van der Waals surface area contributed by atoms with Gasteiger partial charge in [-0.3, -0.25) is 0 Å². The molecule has 3 atom stereocenters. The SMILES string of the molecule is CCC1CCCCC1OCC(O)CNCc1ncon1. The molecule has 114 valence electrons. The van der Waals surface area contributed by atoms with Crippen molar-refractivity contribution in [2.45, 2.75) is 57.8 Å². The van der Waals surface area contributed by atoms with Crippen LogP contribution in [0, 0.1) is 5.92 Å². The highest BCUT2D eigenvalue weighted by molar-refractivity contribution is 4.78. The molecule has 3 unspecified atom stereocenters. The van der Waals surface area contributed by atoms with Gasteiger partial charge in [-0.05, 0) is 18.8 Å². The van der Waals surface area contributed by atoms with Crippen molar-refractivity contribution >= 4 is 0 Å². The van der Waals surface area contributed by atoms with E-state index in [0.29, 0.717) is 37.5 Å². The van der Waals surface area contributed by atoms with E-state index < -0.39 is 6.10 Å². The number of hydrogen-bond donors (Lipinski definition) is 2. The molecule has 2 N–H and O–H groups in total. The predicted octanol–water partition coefficient (Wildman–Crippen LogP) is 1.51. The van der Waals surface area contributed by atoms with Crippen molar-refractivity contribution in [2.75, 3.05) is 13.2 Å². The highest BCUT2D eigenvalue weighted by Crippen LogP contribution is 2.29. The molecule has 2 rings (SSSR count). The van der Waals surface area contributed by atoms with Gasteiger partial charge in [0.1, 0.15) is 0 Å². The Bertz CT molecular complexity index is 359. The molecule has 1 aliphatic rings. The molecule has 6 heteroatoms. The lowest BCUT2D eigenvalue weighted by atomic mass is 9.85. The topological polar surface area (TPSA) is 80.4 Å². The van der Waals surface area contributed by atoms with Crippen LogP contribution < -0.4 is 5.32 Å². The number of aliphatic hydroxyl groups is 1. The van der Waals surface area contributed by atoms with Crippen LogP contribution in [0.4, 0.5) is 0 Å². The summed E-state index contributed by atoms with van der Waals surface area (Å²) < 4.78 is 10.5. The number of hydrogen-bond acceptors (Lipinski definition) is 6. The Balaban J connectivity index is 1.60. The second-order valence-corrected chi connectivity index (χ2v) is 5.46. The summed E-state index contributed by atoms with van der Waals surface area (Å²) in [6, 6.07) is 0. The van der Waals surface area contributed by atoms with Gasteiger partial charge in [-0.15, -0.1) is 0 Å². The Kier molecular flexibility index (Phi) is 6.42. The van der Waals surface area contributed by atoms with Gasteiger partial charge in [0.2, 0.25) is 6.39 Å². The van der Waals surface area contributed by atoms with Crippen LogP contribution in [-0.4, -0.2) is 40.6 Å². The van der Waals surface area contributed by atoms with Gasteiger partial charge in [-0.2, -0.15) is 4.98 Å². The maximum Gasteiger partial charge on any atom is 0.213 e. The summed E-state index contributed by atoms with van der Waals surface area (Å²) >= 11 is 0. The molecule has 0 aliphatic heterocycles. The normalized spacial score (nSPS) is 24.7. The molecule has 1 heterocycles. The third-order valence-corrected chi connectivity index (χ3v) is 3.94. The maximum absolute atomic E-state index is 9.92. The highest BCUT2D eigenvalue weighted by atomic mass is 16.5. The van der Waals surface area contributed by atoms with Crippen LogP contribution in [0.3, 0.4) is 0 Å². The van der Waals surface area contributed by atoms with Crippen molar-refractivity contribution in [1.82, 2.24) is 15.5 Å². The van der Waals surface area contributed by atoms with Crippen molar-refractivity contribution in [3.8, 4) is 0 Å². The summed E-state index contributed by atoms with van der Waals surface area (Å²) in [5, 5.41) is 16.7. The zero-order valence-corrected chi connectivity index (χ0v) is 12.1. The van der Waals surface area contributed by atoms with E-state index in [1.807, 2.05) is 0 Å². The van der Waals surface area contributed by atoms with E-state index in [1.165, 1.54) is 25.7 Å². The quantitative estimate of drug-likeness (QED) is 0.752. The monoisotopic (exact) mass is 283 g/mol. The van der Waals surface area contributed by atoms with Crippen LogP contribution in [0.5, 0.6) is 0 Å². The zero-order chi connectivity index (χ0) is 14.2. The molecule has 1 fully saturated rings. The van der Waals surface area contributed by atoms with Gasteiger partial charge < -0.3 is 19.7 Å². The zero-order valence-electron chi connectivity index (χ0n) is 12.1. The Hall–Kier alpha value is -0.980. The van der Waals surface area contributed by atoms with Gasteiger partial charge in [0.15, 0.2) is 5.82 Å². The summed E-state index contributed by atoms with van der Waals surface area (Å²) in [6.45, 7) is 3.57. The van der Waals surface area contributed by atoms with Crippen LogP contribution >= 0.6 is 0 Å². The van der Waals surface area contributed by atoms with Gasteiger partial charge in [-0.25, -0.2) is 0 Å². The number of aliphatic hydroxyl groups excluding tert-OH is 1. The molecule has 0 amide bonds. The van der Waals surface area contributed by atoms with Gasteiger partial charge in [0, 0.05) is 6.54 Å². The summed E-state index contributed by atoms with van der Waals surface area (Å²) in [7, 11) is 0. The summed E-state index contributed by atoms with van der Waals surface area (Å²) in [5.74, 6) is 1.25. The minimum atomic E-state index is -0.499. The number of ether oxygens (including phenoxy) is 1. The minimum Gasteiger partial charge on any atom is -0.389 e. The van der Waals surface area contributed by atoms with Gasteiger partial charge in [0.25, 0.3) is 0 Å². The lowest BCUT2D eigenvalue weighted by Gasteiger charge is -2.31. The molecule has 1 saturated carbocycles. The second kappa shape index (κ2) is 8.34. The summed E-state index contributed by atoms with van der Waals surface area (Å²) in [4.78, 5) is 3.90. The average molecular weight is 283 g/mol. The first-order valence-electron chi connectivity index (χ1n) is 7.55. The number of rotatable bonds is 8. The van der Waals surface area contributed by atoms with E-state index in [2.05, 4.69) is 26.9 Å². The largest absolute Gasteiger partial charge is 0.389 e. The van der Waals surface area contributed by atoms with Gasteiger partial charge in [0.05, 0.1) is 25.4 Å². The van der Waals surface area contributed by atoms with Crippen molar-refractivity contribution in [3.63, 3.8) is 0 Å². The van der Waals surface area contributed by atoms with Crippen molar-refractivity contribution in [2.24, 2.45) is 5.92 Å². The Morgan fingerprint density at radius 2 is 2.35 bits per heavy atom. The van der Waals surface area contributed by atoms with Crippen molar-refractivity contribution < 1.29 is 14.4 Å². The first-order valence-corrected chi connectivity index (χ1v) is 7.55. The summed E-state index contributed by atoms with van der Waals surface area (Å²) in [5.41, 5.74) is 0. The molecule has 0 saturated heterocycles. The van der Waals surface area contributed by atoms with Crippen LogP contribution in [0.2, 0.25) is 0 Å². The van der Waals surface area contributed by atoms with E-state index in [0.717, 1.165) is 12.8 Å². The van der Waals surface area contributed by atoms with Crippen molar-refractivity contribution in [3.05, 3.63) is 12.2 Å². The molecule has 1 aliphatic carbocycles. The minimum absolute atomic E-state index is 0.320. The summed E-state index contributed by atoms with van der Waals surface area (Å²) in [6.07, 6.45) is 7.22. The highest BCUT2D eigenvalue weighted by Gasteiger charge is 2.24. The fourth-order valence-corrected chi connectivity index (χ4v) is 2.77. The molecule has 1 aromatic rings. The standard InChI is InChI=1S/C14H25N3O3/c1-2-11-5-3-4-6-13(11)19-9-12(18)7-15-8-14-16-10-20-17-14/h10-13,15,18H,2-9H2,1H3. The Morgan fingerprint density at radius 3 is 3.10 bits per heavy atom. The average Bonchev–Trinajstić information content (AvgIpc) is 2.98. The van der Waals surface area contributed by atoms with E-state index >= 15 is 0 Å². The molecular weight excluding hydrogens is 258 g/mol. The second-order valence-electron chi connectivity index (χ2n) is 5.46. The van der Waals surface area contributed by atoms with Crippen molar-refractivity contribution in [1.29, 1.82) is 0 Å². The first kappa shape index (κ1) is 15.4. The number of nitrogens with zero attached hydrogens (tertiary/aromatic N) is 2. The Labute approximate surface area is 119 Å². The fourth-order valence-electron chi connectivity index (χ4n) is 2.77. The fraction of sp³-hybridized carbons (Fsp3) is 0.857. The van der Waals surface area contributed by atoms with Crippen LogP contribution in [0.1, 0.15) is 44.9 Å². The number of nitrogens with one attached hydrogen (secondary N) is 1. The molecule has 0 bridgehead atoms.